The molecule has 84 valence electrons. The number of Topliss-reactive ketones (excluding diaryl/α,β-unsaturated/α-hetero) is 1. The van der Waals surface area contributed by atoms with E-state index in [0.717, 1.165) is 17.4 Å². The average molecular weight is 246 g/mol. The lowest BCUT2D eigenvalue weighted by Gasteiger charge is -2.01. The minimum atomic E-state index is -4.82. The lowest BCUT2D eigenvalue weighted by molar-refractivity contribution is -0.0882. The molecule has 0 aliphatic rings. The third-order valence-electron chi connectivity index (χ3n) is 1.85. The van der Waals surface area contributed by atoms with Gasteiger partial charge in [-0.05, 0) is 18.2 Å². The van der Waals surface area contributed by atoms with E-state index in [1.54, 1.807) is 6.07 Å². The quantitative estimate of drug-likeness (QED) is 0.828. The molecule has 0 aliphatic carbocycles. The molecule has 7 heteroatoms. The molecule has 0 bridgehead atoms. The Labute approximate surface area is 91.9 Å². The first-order valence-electron chi connectivity index (χ1n) is 4.19. The molecule has 2 aromatic heterocycles. The Balaban J connectivity index is 2.31. The zero-order valence-corrected chi connectivity index (χ0v) is 8.52. The highest BCUT2D eigenvalue weighted by molar-refractivity contribution is 7.17. The second kappa shape index (κ2) is 3.75. The molecular weight excluding hydrogens is 241 g/mol. The van der Waals surface area contributed by atoms with Gasteiger partial charge < -0.3 is 0 Å². The molecule has 0 radical (unpaired) electrons. The van der Waals surface area contributed by atoms with Gasteiger partial charge in [-0.15, -0.1) is 11.3 Å². The maximum Gasteiger partial charge on any atom is 0.455 e. The summed E-state index contributed by atoms with van der Waals surface area (Å²) in [7, 11) is 0. The zero-order valence-electron chi connectivity index (χ0n) is 7.71. The fraction of sp³-hybridized carbons (Fsp3) is 0.111. The molecule has 0 amide bonds. The number of ketones is 1. The number of nitrogens with zero attached hydrogens (tertiary/aromatic N) is 1. The number of nitrogens with one attached hydrogen (secondary N) is 1. The van der Waals surface area contributed by atoms with Crippen LogP contribution in [0.1, 0.15) is 9.67 Å². The van der Waals surface area contributed by atoms with E-state index in [1.165, 1.54) is 12.3 Å². The first-order valence-corrected chi connectivity index (χ1v) is 5.01. The second-order valence-electron chi connectivity index (χ2n) is 2.96. The SMILES string of the molecule is O=C(c1ccc(-c2ccn[nH]2)s1)C(F)(F)F. The predicted octanol–water partition coefficient (Wildman–Crippen LogP) is 2.88. The number of carbonyl (C=O) groups is 1. The lowest BCUT2D eigenvalue weighted by Crippen LogP contribution is -2.21. The Morgan fingerprint density at radius 3 is 2.62 bits per heavy atom. The number of rotatable bonds is 2. The smallest absolute Gasteiger partial charge is 0.283 e. The monoisotopic (exact) mass is 246 g/mol. The van der Waals surface area contributed by atoms with Crippen LogP contribution in [0, 0.1) is 0 Å². The van der Waals surface area contributed by atoms with Gasteiger partial charge in [0, 0.05) is 6.20 Å². The van der Waals surface area contributed by atoms with Crippen molar-refractivity contribution in [1.82, 2.24) is 10.2 Å². The molecule has 0 atom stereocenters. The molecule has 1 N–H and O–H groups in total. The van der Waals surface area contributed by atoms with Gasteiger partial charge >= 0.3 is 6.18 Å². The molecule has 2 heterocycles. The van der Waals surface area contributed by atoms with E-state index in [4.69, 9.17) is 0 Å². The largest absolute Gasteiger partial charge is 0.455 e. The Morgan fingerprint density at radius 1 is 1.31 bits per heavy atom. The highest BCUT2D eigenvalue weighted by atomic mass is 32.1. The van der Waals surface area contributed by atoms with Gasteiger partial charge in [0.25, 0.3) is 5.78 Å². The molecular formula is C9H5F3N2OS. The summed E-state index contributed by atoms with van der Waals surface area (Å²) in [6, 6.07) is 4.24. The first-order chi connectivity index (χ1) is 7.48. The van der Waals surface area contributed by atoms with Crippen molar-refractivity contribution in [2.24, 2.45) is 0 Å². The normalized spacial score (nSPS) is 11.7. The Bertz CT molecular complexity index is 501. The number of hydrogen-bond donors (Lipinski definition) is 1. The van der Waals surface area contributed by atoms with Crippen molar-refractivity contribution in [2.75, 3.05) is 0 Å². The van der Waals surface area contributed by atoms with Crippen LogP contribution in [-0.2, 0) is 0 Å². The van der Waals surface area contributed by atoms with Gasteiger partial charge in [0.05, 0.1) is 15.4 Å². The number of hydrogen-bond acceptors (Lipinski definition) is 3. The summed E-state index contributed by atoms with van der Waals surface area (Å²) in [5, 5.41) is 6.29. The van der Waals surface area contributed by atoms with Crippen molar-refractivity contribution >= 4 is 17.1 Å². The number of halogens is 3. The van der Waals surface area contributed by atoms with Gasteiger partial charge in [-0.3, -0.25) is 9.89 Å². The van der Waals surface area contributed by atoms with Crippen molar-refractivity contribution in [2.45, 2.75) is 6.18 Å². The van der Waals surface area contributed by atoms with E-state index in [1.807, 2.05) is 0 Å². The van der Waals surface area contributed by atoms with Crippen molar-refractivity contribution in [1.29, 1.82) is 0 Å². The fourth-order valence-electron chi connectivity index (χ4n) is 1.14. The summed E-state index contributed by atoms with van der Waals surface area (Å²) in [4.78, 5) is 11.1. The van der Waals surface area contributed by atoms with Crippen molar-refractivity contribution in [3.63, 3.8) is 0 Å². The van der Waals surface area contributed by atoms with Crippen LogP contribution in [0.25, 0.3) is 10.6 Å². The zero-order chi connectivity index (χ0) is 11.8. The van der Waals surface area contributed by atoms with Crippen molar-refractivity contribution in [3.05, 3.63) is 29.3 Å². The molecule has 0 unspecified atom stereocenters. The molecule has 0 spiro atoms. The standard InChI is InChI=1S/C9H5F3N2OS/c10-9(11,12)8(15)7-2-1-6(16-7)5-3-4-13-14-5/h1-4H,(H,13,14). The van der Waals surface area contributed by atoms with Gasteiger partial charge in [-0.25, -0.2) is 0 Å². The molecule has 0 aromatic carbocycles. The summed E-state index contributed by atoms with van der Waals surface area (Å²) in [6.45, 7) is 0. The van der Waals surface area contributed by atoms with Gasteiger partial charge in [-0.2, -0.15) is 18.3 Å². The maximum atomic E-state index is 12.1. The van der Waals surface area contributed by atoms with Crippen LogP contribution in [0.3, 0.4) is 0 Å². The van der Waals surface area contributed by atoms with Gasteiger partial charge in [0.2, 0.25) is 0 Å². The summed E-state index contributed by atoms with van der Waals surface area (Å²) in [5.74, 6) is -1.82. The Hall–Kier alpha value is -1.63. The van der Waals surface area contributed by atoms with Crippen molar-refractivity contribution in [3.8, 4) is 10.6 Å². The molecule has 2 aromatic rings. The first kappa shape index (κ1) is 10.9. The lowest BCUT2D eigenvalue weighted by atomic mass is 10.3. The summed E-state index contributed by atoms with van der Waals surface area (Å²) in [6.07, 6.45) is -3.34. The van der Waals surface area contributed by atoms with E-state index in [0.29, 0.717) is 10.6 Å². The van der Waals surface area contributed by atoms with Crippen LogP contribution < -0.4 is 0 Å². The van der Waals surface area contributed by atoms with Gasteiger partial charge in [0.15, 0.2) is 0 Å². The number of aromatic nitrogens is 2. The van der Waals surface area contributed by atoms with Crippen LogP contribution in [-0.4, -0.2) is 22.2 Å². The van der Waals surface area contributed by atoms with E-state index >= 15 is 0 Å². The molecule has 0 fully saturated rings. The van der Waals surface area contributed by atoms with Crippen LogP contribution in [0.15, 0.2) is 24.4 Å². The Kier molecular flexibility index (Phi) is 2.55. The van der Waals surface area contributed by atoms with Crippen molar-refractivity contribution < 1.29 is 18.0 Å². The van der Waals surface area contributed by atoms with Crippen LogP contribution in [0.2, 0.25) is 0 Å². The second-order valence-corrected chi connectivity index (χ2v) is 4.04. The highest BCUT2D eigenvalue weighted by Gasteiger charge is 2.40. The molecule has 0 saturated heterocycles. The number of aromatic amines is 1. The number of carbonyl (C=O) groups excluding carboxylic acids is 1. The molecule has 3 nitrogen and oxygen atoms in total. The molecule has 0 aliphatic heterocycles. The topological polar surface area (TPSA) is 45.8 Å². The van der Waals surface area contributed by atoms with E-state index in [-0.39, 0.29) is 4.88 Å². The van der Waals surface area contributed by atoms with Crippen LogP contribution >= 0.6 is 11.3 Å². The van der Waals surface area contributed by atoms with Gasteiger partial charge in [-0.1, -0.05) is 0 Å². The average Bonchev–Trinajstić information content (AvgIpc) is 2.85. The summed E-state index contributed by atoms with van der Waals surface area (Å²) < 4.78 is 36.4. The molecule has 0 saturated carbocycles. The van der Waals surface area contributed by atoms with E-state index in [9.17, 15) is 18.0 Å². The highest BCUT2D eigenvalue weighted by Crippen LogP contribution is 2.30. The minimum absolute atomic E-state index is 0.322. The number of thiophene rings is 1. The number of H-pyrrole nitrogens is 1. The summed E-state index contributed by atoms with van der Waals surface area (Å²) in [5.41, 5.74) is 0.589. The fourth-order valence-corrected chi connectivity index (χ4v) is 2.08. The van der Waals surface area contributed by atoms with Crippen LogP contribution in [0.4, 0.5) is 13.2 Å². The number of alkyl halides is 3. The molecule has 16 heavy (non-hydrogen) atoms. The summed E-state index contributed by atoms with van der Waals surface area (Å²) >= 11 is 0.785. The van der Waals surface area contributed by atoms with Gasteiger partial charge in [0.1, 0.15) is 0 Å². The van der Waals surface area contributed by atoms with Crippen LogP contribution in [0.5, 0.6) is 0 Å². The predicted molar refractivity (Wildman–Crippen MR) is 52.3 cm³/mol. The Morgan fingerprint density at radius 2 is 2.06 bits per heavy atom. The minimum Gasteiger partial charge on any atom is -0.283 e. The third-order valence-corrected chi connectivity index (χ3v) is 2.97. The molecule has 2 rings (SSSR count). The third kappa shape index (κ3) is 1.99. The maximum absolute atomic E-state index is 12.1. The van der Waals surface area contributed by atoms with E-state index < -0.39 is 12.0 Å². The van der Waals surface area contributed by atoms with E-state index in [2.05, 4.69) is 10.2 Å².